The van der Waals surface area contributed by atoms with Gasteiger partial charge in [-0.1, -0.05) is 19.3 Å². The van der Waals surface area contributed by atoms with E-state index in [0.717, 1.165) is 26.2 Å². The van der Waals surface area contributed by atoms with Gasteiger partial charge in [-0.05, 0) is 13.8 Å². The maximum absolute atomic E-state index is 13.3. The van der Waals surface area contributed by atoms with Crippen LogP contribution < -0.4 is 0 Å². The fraction of sp³-hybridized carbons (Fsp3) is 0.538. The topological polar surface area (TPSA) is 68.4 Å². The van der Waals surface area contributed by atoms with E-state index in [9.17, 15) is 23.3 Å². The van der Waals surface area contributed by atoms with Crippen LogP contribution in [0.25, 0.3) is 0 Å². The molecule has 2 heterocycles. The maximum atomic E-state index is 13.3. The minimum absolute atomic E-state index is 0.0464. The van der Waals surface area contributed by atoms with Crippen molar-refractivity contribution in [2.75, 3.05) is 5.75 Å². The third-order valence-electron chi connectivity index (χ3n) is 3.36. The number of aromatic nitrogens is 1. The normalized spacial score (nSPS) is 19.0. The smallest absolute Gasteiger partial charge is 0.384 e. The highest BCUT2D eigenvalue weighted by Crippen LogP contribution is 2.41. The highest BCUT2D eigenvalue weighted by atomic mass is 32.2. The van der Waals surface area contributed by atoms with E-state index in [2.05, 4.69) is 9.35 Å². The summed E-state index contributed by atoms with van der Waals surface area (Å²) in [6, 6.07) is 0. The molecule has 0 atom stereocenters. The Morgan fingerprint density at radius 2 is 2.05 bits per heavy atom. The summed E-state index contributed by atoms with van der Waals surface area (Å²) in [5.74, 6) is 0.267. The summed E-state index contributed by atoms with van der Waals surface area (Å²) in [6.07, 6.45) is -1.99. The van der Waals surface area contributed by atoms with Crippen LogP contribution in [-0.4, -0.2) is 21.0 Å². The summed E-state index contributed by atoms with van der Waals surface area (Å²) in [5, 5.41) is 12.9. The van der Waals surface area contributed by atoms with Crippen LogP contribution in [-0.2, 0) is 16.5 Å². The molecule has 0 spiro atoms. The molecule has 0 saturated carbocycles. The van der Waals surface area contributed by atoms with Crippen LogP contribution in [0.2, 0.25) is 0 Å². The Bertz CT molecular complexity index is 707. The predicted octanol–water partition coefficient (Wildman–Crippen LogP) is 4.04. The molecule has 0 N–H and O–H groups in total. The number of rotatable bonds is 2. The number of nitro groups is 1. The molecule has 122 valence electrons. The second-order valence-electron chi connectivity index (χ2n) is 4.98. The molecule has 0 aliphatic carbocycles. The zero-order chi connectivity index (χ0) is 16.5. The van der Waals surface area contributed by atoms with Crippen molar-refractivity contribution in [3.63, 3.8) is 0 Å². The Morgan fingerprint density at radius 1 is 1.36 bits per heavy atom. The van der Waals surface area contributed by atoms with Crippen LogP contribution in [0.5, 0.6) is 0 Å². The molecule has 22 heavy (non-hydrogen) atoms. The zero-order valence-corrected chi connectivity index (χ0v) is 12.9. The van der Waals surface area contributed by atoms with Crippen LogP contribution in [0.3, 0.4) is 0 Å². The highest BCUT2D eigenvalue weighted by molar-refractivity contribution is 7.86. The predicted molar refractivity (Wildman–Crippen MR) is 79.6 cm³/mol. The van der Waals surface area contributed by atoms with Crippen molar-refractivity contribution in [3.8, 4) is 0 Å². The minimum Gasteiger partial charge on any atom is -0.384 e. The lowest BCUT2D eigenvalue weighted by Crippen LogP contribution is -2.12. The quantitative estimate of drug-likeness (QED) is 0.355. The number of aryl methyl sites for hydroxylation is 1. The number of hydrogen-bond donors (Lipinski definition) is 0. The summed E-state index contributed by atoms with van der Waals surface area (Å²) >= 11 is 0. The SMILES string of the molecule is Cc1nc(N=[S-]2=CCCCC2)c(C(F)(F)F)c(C)c1[N+](=O)[O-]. The highest BCUT2D eigenvalue weighted by Gasteiger charge is 2.39. The van der Waals surface area contributed by atoms with Gasteiger partial charge in [0.2, 0.25) is 0 Å². The summed E-state index contributed by atoms with van der Waals surface area (Å²) in [7, 11) is -0.607. The first-order valence-corrected chi connectivity index (χ1v) is 8.11. The molecule has 0 fully saturated rings. The molecule has 0 bridgehead atoms. The molecule has 2 rings (SSSR count). The fourth-order valence-electron chi connectivity index (χ4n) is 2.39. The van der Waals surface area contributed by atoms with E-state index in [1.165, 1.54) is 6.92 Å². The summed E-state index contributed by atoms with van der Waals surface area (Å²) in [5.41, 5.74) is -2.17. The van der Waals surface area contributed by atoms with Gasteiger partial charge in [0, 0.05) is 5.56 Å². The molecule has 0 unspecified atom stereocenters. The van der Waals surface area contributed by atoms with Crippen molar-refractivity contribution in [1.82, 2.24) is 4.98 Å². The number of pyridine rings is 1. The number of nitrogens with zero attached hydrogens (tertiary/aromatic N) is 3. The second-order valence-corrected chi connectivity index (χ2v) is 6.71. The first-order chi connectivity index (χ1) is 10.2. The van der Waals surface area contributed by atoms with Gasteiger partial charge in [-0.2, -0.15) is 18.5 Å². The van der Waals surface area contributed by atoms with E-state index in [1.54, 1.807) is 0 Å². The van der Waals surface area contributed by atoms with Gasteiger partial charge in [-0.3, -0.25) is 10.1 Å². The van der Waals surface area contributed by atoms with E-state index in [-0.39, 0.29) is 5.69 Å². The lowest BCUT2D eigenvalue weighted by Gasteiger charge is -2.20. The van der Waals surface area contributed by atoms with Crippen molar-refractivity contribution < 1.29 is 18.1 Å². The van der Waals surface area contributed by atoms with E-state index in [4.69, 9.17) is 0 Å². The molecule has 0 amide bonds. The van der Waals surface area contributed by atoms with Gasteiger partial charge in [0.15, 0.2) is 0 Å². The van der Waals surface area contributed by atoms with Gasteiger partial charge < -0.3 is 14.6 Å². The molecular formula is C13H15F3N3O2S-. The average Bonchev–Trinajstić information content (AvgIpc) is 2.37. The Morgan fingerprint density at radius 3 is 2.55 bits per heavy atom. The van der Waals surface area contributed by atoms with Gasteiger partial charge in [0.25, 0.3) is 5.69 Å². The van der Waals surface area contributed by atoms with Crippen molar-refractivity contribution in [2.45, 2.75) is 39.3 Å². The Labute approximate surface area is 127 Å². The first-order valence-electron chi connectivity index (χ1n) is 6.69. The fourth-order valence-corrected chi connectivity index (χ4v) is 4.02. The van der Waals surface area contributed by atoms with Gasteiger partial charge in [-0.25, -0.2) is 4.98 Å². The zero-order valence-electron chi connectivity index (χ0n) is 12.1. The van der Waals surface area contributed by atoms with Crippen LogP contribution in [0.15, 0.2) is 4.36 Å². The van der Waals surface area contributed by atoms with Crippen LogP contribution in [0, 0.1) is 24.0 Å². The van der Waals surface area contributed by atoms with E-state index < -0.39 is 44.0 Å². The minimum atomic E-state index is -4.73. The average molecular weight is 334 g/mol. The molecular weight excluding hydrogens is 319 g/mol. The van der Waals surface area contributed by atoms with Gasteiger partial charge >= 0.3 is 6.18 Å². The van der Waals surface area contributed by atoms with E-state index >= 15 is 0 Å². The second kappa shape index (κ2) is 6.23. The first kappa shape index (κ1) is 16.7. The molecule has 1 aliphatic rings. The third-order valence-corrected chi connectivity index (χ3v) is 5.09. The molecule has 0 saturated heterocycles. The van der Waals surface area contributed by atoms with Crippen LogP contribution in [0.1, 0.15) is 36.1 Å². The standard InChI is InChI=1S/C13H15F3N3O2S/c1-8-10(13(14,15)16)12(17-9(2)11(8)19(20)21)18-22-6-4-3-5-7-22/h6H,3-5,7H2,1-2H3/q-1. The van der Waals surface area contributed by atoms with Gasteiger partial charge in [0.05, 0.1) is 4.92 Å². The molecule has 1 aliphatic heterocycles. The summed E-state index contributed by atoms with van der Waals surface area (Å²) in [6.45, 7) is 2.43. The molecule has 5 nitrogen and oxygen atoms in total. The number of hydrogen-bond acceptors (Lipinski definition) is 5. The van der Waals surface area contributed by atoms with Crippen LogP contribution in [0.4, 0.5) is 24.7 Å². The van der Waals surface area contributed by atoms with Crippen molar-refractivity contribution >= 4 is 27.2 Å². The molecule has 1 aromatic rings. The van der Waals surface area contributed by atoms with Crippen molar-refractivity contribution in [3.05, 3.63) is 26.9 Å². The summed E-state index contributed by atoms with van der Waals surface area (Å²) < 4.78 is 44.1. The van der Waals surface area contributed by atoms with E-state index in [1.807, 2.05) is 5.37 Å². The van der Waals surface area contributed by atoms with Crippen LogP contribution >= 0.6 is 0 Å². The van der Waals surface area contributed by atoms with Gasteiger partial charge in [-0.15, -0.1) is 5.75 Å². The molecule has 9 heteroatoms. The monoisotopic (exact) mass is 334 g/mol. The van der Waals surface area contributed by atoms with Crippen molar-refractivity contribution in [2.24, 2.45) is 4.36 Å². The van der Waals surface area contributed by atoms with Crippen molar-refractivity contribution in [1.29, 1.82) is 0 Å². The Hall–Kier alpha value is -1.64. The molecule has 0 aromatic carbocycles. The Kier molecular flexibility index (Phi) is 4.74. The maximum Gasteiger partial charge on any atom is 0.420 e. The van der Waals surface area contributed by atoms with E-state index in [0.29, 0.717) is 5.75 Å². The molecule has 1 aromatic heterocycles. The largest absolute Gasteiger partial charge is 0.420 e. The lowest BCUT2D eigenvalue weighted by molar-refractivity contribution is -0.386. The third kappa shape index (κ3) is 3.40. The van der Waals surface area contributed by atoms with Gasteiger partial charge in [0.1, 0.15) is 17.1 Å². The lowest BCUT2D eigenvalue weighted by atomic mass is 10.1. The molecule has 0 radical (unpaired) electrons. The summed E-state index contributed by atoms with van der Waals surface area (Å²) in [4.78, 5) is 13.9. The number of halogens is 3. The number of alkyl halides is 3. The Balaban J connectivity index is 2.73.